The minimum absolute atomic E-state index is 0.0661. The molecule has 1 unspecified atom stereocenters. The molecule has 0 N–H and O–H groups in total. The van der Waals surface area contributed by atoms with Gasteiger partial charge in [0.1, 0.15) is 10.6 Å². The Bertz CT molecular complexity index is 772. The van der Waals surface area contributed by atoms with E-state index in [1.54, 1.807) is 24.6 Å². The molecule has 2 fully saturated rings. The quantitative estimate of drug-likeness (QED) is 0.734. The third-order valence-corrected chi connectivity index (χ3v) is 6.37. The molecule has 1 amide bonds. The Morgan fingerprint density at radius 1 is 1.38 bits per heavy atom. The van der Waals surface area contributed by atoms with Crippen LogP contribution in [-0.4, -0.2) is 29.4 Å². The molecule has 0 bridgehead atoms. The smallest absolute Gasteiger partial charge is 0.266 e. The van der Waals surface area contributed by atoms with E-state index in [1.807, 2.05) is 17.0 Å². The number of hydrogen-bond donors (Lipinski definition) is 0. The molecule has 2 aliphatic rings. The number of rotatable bonds is 4. The second-order valence-corrected chi connectivity index (χ2v) is 8.36. The maximum Gasteiger partial charge on any atom is 0.266 e. The predicted molar refractivity (Wildman–Crippen MR) is 97.8 cm³/mol. The van der Waals surface area contributed by atoms with Gasteiger partial charge in [0, 0.05) is 22.5 Å². The zero-order valence-corrected chi connectivity index (χ0v) is 15.9. The Morgan fingerprint density at radius 3 is 2.96 bits per heavy atom. The molecule has 2 heterocycles. The number of carbonyl (C=O) groups excluding carboxylic acids is 1. The van der Waals surface area contributed by atoms with Gasteiger partial charge in [0.05, 0.1) is 24.4 Å². The summed E-state index contributed by atoms with van der Waals surface area (Å²) in [6, 6.07) is 6.06. The molecular weight excluding hydrogens is 388 g/mol. The fourth-order valence-electron chi connectivity index (χ4n) is 3.35. The molecule has 6 heteroatoms. The van der Waals surface area contributed by atoms with E-state index in [2.05, 4.69) is 27.0 Å². The number of halogens is 1. The van der Waals surface area contributed by atoms with Gasteiger partial charge in [-0.05, 0) is 43.9 Å². The van der Waals surface area contributed by atoms with Gasteiger partial charge in [0.25, 0.3) is 5.91 Å². The molecule has 0 radical (unpaired) electrons. The van der Waals surface area contributed by atoms with Crippen molar-refractivity contribution in [3.63, 3.8) is 0 Å². The van der Waals surface area contributed by atoms with E-state index in [9.17, 15) is 4.79 Å². The van der Waals surface area contributed by atoms with Crippen molar-refractivity contribution in [2.45, 2.75) is 37.6 Å². The molecule has 1 aromatic carbocycles. The third kappa shape index (κ3) is 2.97. The largest absolute Gasteiger partial charge is 0.496 e. The van der Waals surface area contributed by atoms with Crippen molar-refractivity contribution in [1.82, 2.24) is 9.88 Å². The molecule has 0 spiro atoms. The van der Waals surface area contributed by atoms with E-state index in [-0.39, 0.29) is 11.9 Å². The van der Waals surface area contributed by atoms with E-state index in [0.717, 1.165) is 45.1 Å². The van der Waals surface area contributed by atoms with E-state index < -0.39 is 0 Å². The number of ether oxygens (including phenoxy) is 1. The van der Waals surface area contributed by atoms with Gasteiger partial charge in [-0.15, -0.1) is 11.3 Å². The molecule has 1 atom stereocenters. The standard InChI is InChI=1S/C18H19BrN2O2S/c1-23-15-7-6-12(19)9-13(15)14-3-2-8-21(14)18(22)16-10-20-17(24-16)11-4-5-11/h6-7,9-11,14H,2-5,8H2,1H3. The summed E-state index contributed by atoms with van der Waals surface area (Å²) in [5.74, 6) is 1.53. The van der Waals surface area contributed by atoms with Crippen LogP contribution in [0.15, 0.2) is 28.9 Å². The number of methoxy groups -OCH3 is 1. The summed E-state index contributed by atoms with van der Waals surface area (Å²) >= 11 is 5.10. The molecule has 1 saturated carbocycles. The second-order valence-electron chi connectivity index (χ2n) is 6.38. The van der Waals surface area contributed by atoms with Gasteiger partial charge in [-0.1, -0.05) is 15.9 Å². The topological polar surface area (TPSA) is 42.4 Å². The first-order chi connectivity index (χ1) is 11.7. The lowest BCUT2D eigenvalue weighted by molar-refractivity contribution is 0.0739. The number of hydrogen-bond acceptors (Lipinski definition) is 4. The van der Waals surface area contributed by atoms with Crippen molar-refractivity contribution in [2.24, 2.45) is 0 Å². The molecule has 1 saturated heterocycles. The van der Waals surface area contributed by atoms with Crippen LogP contribution in [0.4, 0.5) is 0 Å². The Kier molecular flexibility index (Phi) is 4.35. The van der Waals surface area contributed by atoms with Crippen LogP contribution in [0.3, 0.4) is 0 Å². The number of likely N-dealkylation sites (tertiary alicyclic amines) is 1. The predicted octanol–water partition coefficient (Wildman–Crippen LogP) is 4.77. The third-order valence-electron chi connectivity index (χ3n) is 4.73. The molecule has 4 nitrogen and oxygen atoms in total. The Labute approximate surface area is 154 Å². The fraction of sp³-hybridized carbons (Fsp3) is 0.444. The number of benzene rings is 1. The number of thiazole rings is 1. The fourth-order valence-corrected chi connectivity index (χ4v) is 4.77. The second kappa shape index (κ2) is 6.48. The van der Waals surface area contributed by atoms with Crippen LogP contribution in [-0.2, 0) is 0 Å². The molecular formula is C18H19BrN2O2S. The van der Waals surface area contributed by atoms with Crippen molar-refractivity contribution in [2.75, 3.05) is 13.7 Å². The van der Waals surface area contributed by atoms with Gasteiger partial charge in [0.2, 0.25) is 0 Å². The summed E-state index contributed by atoms with van der Waals surface area (Å²) in [6.45, 7) is 0.788. The Balaban J connectivity index is 1.62. The summed E-state index contributed by atoms with van der Waals surface area (Å²) in [4.78, 5) is 20.2. The average molecular weight is 407 g/mol. The number of nitrogens with zero attached hydrogens (tertiary/aromatic N) is 2. The highest BCUT2D eigenvalue weighted by Gasteiger charge is 2.34. The minimum Gasteiger partial charge on any atom is -0.496 e. The van der Waals surface area contributed by atoms with Crippen LogP contribution >= 0.6 is 27.3 Å². The number of amides is 1. The monoisotopic (exact) mass is 406 g/mol. The zero-order valence-electron chi connectivity index (χ0n) is 13.5. The SMILES string of the molecule is COc1ccc(Br)cc1C1CCCN1C(=O)c1cnc(C2CC2)s1. The lowest BCUT2D eigenvalue weighted by atomic mass is 10.0. The van der Waals surface area contributed by atoms with Crippen molar-refractivity contribution >= 4 is 33.2 Å². The van der Waals surface area contributed by atoms with Gasteiger partial charge in [0.15, 0.2) is 0 Å². The Morgan fingerprint density at radius 2 is 2.21 bits per heavy atom. The van der Waals surface area contributed by atoms with Crippen LogP contribution in [0.1, 0.15) is 57.9 Å². The maximum absolute atomic E-state index is 13.0. The van der Waals surface area contributed by atoms with Crippen molar-refractivity contribution in [3.05, 3.63) is 44.3 Å². The van der Waals surface area contributed by atoms with Crippen LogP contribution in [0, 0.1) is 0 Å². The van der Waals surface area contributed by atoms with Crippen LogP contribution in [0.25, 0.3) is 0 Å². The van der Waals surface area contributed by atoms with Crippen LogP contribution < -0.4 is 4.74 Å². The van der Waals surface area contributed by atoms with Gasteiger partial charge in [-0.2, -0.15) is 0 Å². The number of carbonyl (C=O) groups is 1. The van der Waals surface area contributed by atoms with Gasteiger partial charge >= 0.3 is 0 Å². The first kappa shape index (κ1) is 16.1. The summed E-state index contributed by atoms with van der Waals surface area (Å²) < 4.78 is 6.53. The van der Waals surface area contributed by atoms with E-state index in [4.69, 9.17) is 4.74 Å². The zero-order chi connectivity index (χ0) is 16.7. The van der Waals surface area contributed by atoms with Crippen LogP contribution in [0.5, 0.6) is 5.75 Å². The molecule has 1 aromatic heterocycles. The molecule has 4 rings (SSSR count). The number of aromatic nitrogens is 1. The normalized spacial score (nSPS) is 20.4. The summed E-state index contributed by atoms with van der Waals surface area (Å²) in [6.07, 6.45) is 6.16. The van der Waals surface area contributed by atoms with E-state index >= 15 is 0 Å². The van der Waals surface area contributed by atoms with E-state index in [1.165, 1.54) is 12.8 Å². The highest BCUT2D eigenvalue weighted by atomic mass is 79.9. The van der Waals surface area contributed by atoms with Gasteiger partial charge < -0.3 is 9.64 Å². The first-order valence-electron chi connectivity index (χ1n) is 8.27. The lowest BCUT2D eigenvalue weighted by Gasteiger charge is -2.26. The lowest BCUT2D eigenvalue weighted by Crippen LogP contribution is -2.30. The van der Waals surface area contributed by atoms with Gasteiger partial charge in [-0.25, -0.2) is 4.98 Å². The first-order valence-corrected chi connectivity index (χ1v) is 9.88. The molecule has 1 aliphatic heterocycles. The summed E-state index contributed by atoms with van der Waals surface area (Å²) in [7, 11) is 1.68. The van der Waals surface area contributed by atoms with Gasteiger partial charge in [-0.3, -0.25) is 4.79 Å². The summed E-state index contributed by atoms with van der Waals surface area (Å²) in [5.41, 5.74) is 1.07. The Hall–Kier alpha value is -1.40. The summed E-state index contributed by atoms with van der Waals surface area (Å²) in [5, 5.41) is 1.12. The van der Waals surface area contributed by atoms with E-state index in [0.29, 0.717) is 5.92 Å². The minimum atomic E-state index is 0.0661. The van der Waals surface area contributed by atoms with Crippen LogP contribution in [0.2, 0.25) is 0 Å². The molecule has 1 aliphatic carbocycles. The molecule has 24 heavy (non-hydrogen) atoms. The van der Waals surface area contributed by atoms with Crippen molar-refractivity contribution < 1.29 is 9.53 Å². The average Bonchev–Trinajstić information content (AvgIpc) is 3.13. The highest BCUT2D eigenvalue weighted by molar-refractivity contribution is 9.10. The molecule has 126 valence electrons. The maximum atomic E-state index is 13.0. The highest BCUT2D eigenvalue weighted by Crippen LogP contribution is 2.43. The molecule has 2 aromatic rings. The van der Waals surface area contributed by atoms with Crippen molar-refractivity contribution in [3.8, 4) is 5.75 Å². The van der Waals surface area contributed by atoms with Crippen molar-refractivity contribution in [1.29, 1.82) is 0 Å².